The number of hydrogen-bond donors (Lipinski definition) is 0. The lowest BCUT2D eigenvalue weighted by Crippen LogP contribution is -2.70. The molecule has 0 spiro atoms. The molecule has 0 saturated carbocycles. The van der Waals surface area contributed by atoms with Gasteiger partial charge in [-0.05, 0) is 27.8 Å². The van der Waals surface area contributed by atoms with Crippen molar-refractivity contribution in [1.82, 2.24) is 14.7 Å². The summed E-state index contributed by atoms with van der Waals surface area (Å²) in [5, 5.41) is 0. The molecule has 3 fully saturated rings. The molecule has 0 aromatic heterocycles. The molecule has 0 aliphatic carbocycles. The summed E-state index contributed by atoms with van der Waals surface area (Å²) in [5.41, 5.74) is 2.75. The minimum Gasteiger partial charge on any atom is -0.468 e. The van der Waals surface area contributed by atoms with E-state index in [0.29, 0.717) is 0 Å². The van der Waals surface area contributed by atoms with Gasteiger partial charge in [0.15, 0.2) is 0 Å². The highest BCUT2D eigenvalue weighted by atomic mass is 16.5. The number of imide groups is 1. The Hall–Kier alpha value is -5.83. The van der Waals surface area contributed by atoms with E-state index in [4.69, 9.17) is 4.74 Å². The molecular formula is C40H35N3O6. The predicted molar refractivity (Wildman–Crippen MR) is 182 cm³/mol. The fraction of sp³-hybridized carbons (Fsp3) is 0.225. The lowest BCUT2D eigenvalue weighted by Gasteiger charge is -2.49. The summed E-state index contributed by atoms with van der Waals surface area (Å²) in [4.78, 5) is 74.3. The second kappa shape index (κ2) is 13.0. The Kier molecular flexibility index (Phi) is 8.42. The van der Waals surface area contributed by atoms with Crippen LogP contribution in [0, 0.1) is 11.8 Å². The number of amides is 4. The summed E-state index contributed by atoms with van der Waals surface area (Å²) in [7, 11) is 1.19. The molecule has 4 aromatic rings. The number of carbonyl (C=O) groups excluding carboxylic acids is 5. The van der Waals surface area contributed by atoms with Gasteiger partial charge in [0.2, 0.25) is 17.7 Å². The van der Waals surface area contributed by atoms with Gasteiger partial charge in [-0.1, -0.05) is 127 Å². The zero-order chi connectivity index (χ0) is 34.1. The van der Waals surface area contributed by atoms with Gasteiger partial charge in [0.25, 0.3) is 5.91 Å². The van der Waals surface area contributed by atoms with Gasteiger partial charge in [-0.25, -0.2) is 0 Å². The van der Waals surface area contributed by atoms with E-state index in [9.17, 15) is 19.2 Å². The fourth-order valence-corrected chi connectivity index (χ4v) is 7.67. The van der Waals surface area contributed by atoms with Gasteiger partial charge in [0.1, 0.15) is 18.6 Å². The van der Waals surface area contributed by atoms with Crippen LogP contribution < -0.4 is 0 Å². The van der Waals surface area contributed by atoms with E-state index in [1.165, 1.54) is 16.9 Å². The maximum Gasteiger partial charge on any atom is 0.325 e. The van der Waals surface area contributed by atoms with Gasteiger partial charge in [-0.15, -0.1) is 0 Å². The predicted octanol–water partition coefficient (Wildman–Crippen LogP) is 4.38. The van der Waals surface area contributed by atoms with Gasteiger partial charge in [0, 0.05) is 13.0 Å². The van der Waals surface area contributed by atoms with Crippen LogP contribution in [0.1, 0.15) is 16.7 Å². The average molecular weight is 654 g/mol. The lowest BCUT2D eigenvalue weighted by atomic mass is 9.74. The van der Waals surface area contributed by atoms with Gasteiger partial charge in [-0.3, -0.25) is 28.9 Å². The van der Waals surface area contributed by atoms with E-state index < -0.39 is 53.7 Å². The van der Waals surface area contributed by atoms with Crippen LogP contribution in [0.15, 0.2) is 121 Å². The number of nitrogens with zero attached hydrogens (tertiary/aromatic N) is 3. The van der Waals surface area contributed by atoms with Crippen molar-refractivity contribution in [3.8, 4) is 11.1 Å². The van der Waals surface area contributed by atoms with E-state index in [2.05, 4.69) is 0 Å². The van der Waals surface area contributed by atoms with Crippen molar-refractivity contribution in [3.05, 3.63) is 138 Å². The molecule has 9 nitrogen and oxygen atoms in total. The highest BCUT2D eigenvalue weighted by Crippen LogP contribution is 2.53. The summed E-state index contributed by atoms with van der Waals surface area (Å²) in [6, 6.07) is 35.5. The topological polar surface area (TPSA) is 104 Å². The maximum absolute atomic E-state index is 15.1. The van der Waals surface area contributed by atoms with Crippen LogP contribution in [-0.4, -0.2) is 76.1 Å². The molecule has 0 radical (unpaired) electrons. The SMILES string of the molecule is COC(=O)CN1C(=O)[C@H]2[C@@H](/C=C/c3ccccc3)N3C(=O)CN(Cc4ccc(-c5ccccc5)cc4)C(=O)[C@@]3(Cc3ccccc3)[C@H]2C1=O. The van der Waals surface area contributed by atoms with Gasteiger partial charge < -0.3 is 14.5 Å². The van der Waals surface area contributed by atoms with Gasteiger partial charge in [0.05, 0.1) is 25.0 Å². The molecule has 4 amide bonds. The number of carbonyl (C=O) groups is 5. The van der Waals surface area contributed by atoms with Crippen molar-refractivity contribution >= 4 is 35.7 Å². The summed E-state index contributed by atoms with van der Waals surface area (Å²) in [5.74, 6) is -5.06. The zero-order valence-corrected chi connectivity index (χ0v) is 27.0. The third-order valence-corrected chi connectivity index (χ3v) is 9.86. The Labute approximate surface area is 284 Å². The van der Waals surface area contributed by atoms with Crippen molar-refractivity contribution in [2.45, 2.75) is 24.5 Å². The molecule has 0 bridgehead atoms. The molecule has 0 N–H and O–H groups in total. The van der Waals surface area contributed by atoms with Crippen LogP contribution in [0.5, 0.6) is 0 Å². The lowest BCUT2D eigenvalue weighted by molar-refractivity contribution is -0.169. The fourth-order valence-electron chi connectivity index (χ4n) is 7.67. The van der Waals surface area contributed by atoms with Gasteiger partial charge in [-0.2, -0.15) is 0 Å². The van der Waals surface area contributed by atoms with E-state index >= 15 is 4.79 Å². The normalized spacial score (nSPS) is 23.3. The first-order valence-corrected chi connectivity index (χ1v) is 16.3. The number of likely N-dealkylation sites (tertiary alicyclic amines) is 1. The number of rotatable bonds is 9. The molecule has 3 aliphatic rings. The molecule has 4 atom stereocenters. The van der Waals surface area contributed by atoms with Crippen LogP contribution in [0.4, 0.5) is 0 Å². The Morgan fingerprint density at radius 2 is 1.39 bits per heavy atom. The molecule has 9 heteroatoms. The number of hydrogen-bond acceptors (Lipinski definition) is 6. The van der Waals surface area contributed by atoms with Crippen molar-refractivity contribution in [2.24, 2.45) is 11.8 Å². The Bertz CT molecular complexity index is 1930. The average Bonchev–Trinajstić information content (AvgIpc) is 3.56. The first-order valence-electron chi connectivity index (χ1n) is 16.3. The van der Waals surface area contributed by atoms with Crippen LogP contribution >= 0.6 is 0 Å². The molecule has 3 aliphatic heterocycles. The van der Waals surface area contributed by atoms with Crippen LogP contribution in [0.25, 0.3) is 17.2 Å². The number of benzene rings is 4. The second-order valence-corrected chi connectivity index (χ2v) is 12.7. The van der Waals surface area contributed by atoms with E-state index in [1.807, 2.05) is 115 Å². The molecule has 246 valence electrons. The molecule has 7 rings (SSSR count). The smallest absolute Gasteiger partial charge is 0.325 e. The van der Waals surface area contributed by atoms with Crippen molar-refractivity contribution in [3.63, 3.8) is 0 Å². The first kappa shape index (κ1) is 31.8. The molecule has 49 heavy (non-hydrogen) atoms. The minimum atomic E-state index is -1.71. The molecule has 3 saturated heterocycles. The number of piperazine rings is 1. The molecule has 3 heterocycles. The van der Waals surface area contributed by atoms with Crippen LogP contribution in [0.3, 0.4) is 0 Å². The minimum absolute atomic E-state index is 0.0176. The Balaban J connectivity index is 1.32. The summed E-state index contributed by atoms with van der Waals surface area (Å²) >= 11 is 0. The second-order valence-electron chi connectivity index (χ2n) is 12.7. The zero-order valence-electron chi connectivity index (χ0n) is 27.0. The number of methoxy groups -OCH3 is 1. The Morgan fingerprint density at radius 1 is 0.776 bits per heavy atom. The van der Waals surface area contributed by atoms with E-state index in [1.54, 1.807) is 12.2 Å². The number of esters is 1. The highest BCUT2D eigenvalue weighted by Gasteiger charge is 2.74. The first-order chi connectivity index (χ1) is 23.8. The highest BCUT2D eigenvalue weighted by molar-refractivity contribution is 6.14. The summed E-state index contributed by atoms with van der Waals surface area (Å²) in [6.45, 7) is -0.642. The van der Waals surface area contributed by atoms with Crippen LogP contribution in [-0.2, 0) is 41.7 Å². The molecular weight excluding hydrogens is 618 g/mol. The van der Waals surface area contributed by atoms with Crippen molar-refractivity contribution in [1.29, 1.82) is 0 Å². The maximum atomic E-state index is 15.1. The van der Waals surface area contributed by atoms with Crippen molar-refractivity contribution in [2.75, 3.05) is 20.2 Å². The molecule has 0 unspecified atom stereocenters. The van der Waals surface area contributed by atoms with Crippen LogP contribution in [0.2, 0.25) is 0 Å². The standard InChI is InChI=1S/C40H35N3O6/c1-49-34(45)26-42-37(46)35-32(22-19-27-11-5-2-6-12-27)43-33(44)25-41(24-29-17-20-31(21-18-29)30-15-9-4-10-16-30)39(48)40(43,36(35)38(42)47)23-28-13-7-3-8-14-28/h2-22,32,35-36H,23-26H2,1H3/b22-19+/t32-,35+,36-,40-/m1/s1. The van der Waals surface area contributed by atoms with Crippen molar-refractivity contribution < 1.29 is 28.7 Å². The van der Waals surface area contributed by atoms with Gasteiger partial charge >= 0.3 is 5.97 Å². The summed E-state index contributed by atoms with van der Waals surface area (Å²) < 4.78 is 4.81. The number of fused-ring (bicyclic) bond motifs is 3. The molecule has 4 aromatic carbocycles. The van der Waals surface area contributed by atoms with E-state index in [0.717, 1.165) is 32.7 Å². The van der Waals surface area contributed by atoms with E-state index in [-0.39, 0.29) is 25.4 Å². The third-order valence-electron chi connectivity index (χ3n) is 9.86. The third kappa shape index (κ3) is 5.61. The summed E-state index contributed by atoms with van der Waals surface area (Å²) in [6.07, 6.45) is 3.57. The largest absolute Gasteiger partial charge is 0.468 e. The monoisotopic (exact) mass is 653 g/mol. The quantitative estimate of drug-likeness (QED) is 0.196. The Morgan fingerprint density at radius 3 is 2.04 bits per heavy atom. The number of ether oxygens (including phenoxy) is 1.